The van der Waals surface area contributed by atoms with Gasteiger partial charge >= 0.3 is 0 Å². The molecule has 5 heterocycles. The number of hydrogen-bond acceptors (Lipinski definition) is 6. The molecule has 2 fully saturated rings. The molecule has 1 aliphatic carbocycles. The van der Waals surface area contributed by atoms with Gasteiger partial charge in [-0.1, -0.05) is 6.42 Å². The van der Waals surface area contributed by atoms with E-state index in [2.05, 4.69) is 35.2 Å². The van der Waals surface area contributed by atoms with Gasteiger partial charge in [-0.2, -0.15) is 0 Å². The van der Waals surface area contributed by atoms with Crippen molar-refractivity contribution in [1.82, 2.24) is 40.1 Å². The van der Waals surface area contributed by atoms with E-state index in [0.717, 1.165) is 25.7 Å². The Morgan fingerprint density at radius 1 is 1.12 bits per heavy atom. The van der Waals surface area contributed by atoms with Gasteiger partial charge in [-0.15, -0.1) is 0 Å². The number of carbonyl (C=O) groups excluding carboxylic acids is 2. The van der Waals surface area contributed by atoms with Crippen LogP contribution in [0.1, 0.15) is 46.5 Å². The standard InChI is InChI=1S/C22H22N8O2/c31-20(16-10-26-19-15(28-16)2-6-24-19)29-17-11-30(7-5-22(17)3-1-4-22)21(32)14-9-25-18-13(14)8-23-12-27-18/h2,6,8-10,12,17H,1,3-5,7,11H2,(H,24,26)(H,29,31)(H,23,25,27). The van der Waals surface area contributed by atoms with Crippen molar-refractivity contribution in [3.63, 3.8) is 0 Å². The molecule has 0 bridgehead atoms. The van der Waals surface area contributed by atoms with Gasteiger partial charge in [0, 0.05) is 37.1 Å². The molecule has 2 amide bonds. The van der Waals surface area contributed by atoms with Crippen LogP contribution in [-0.4, -0.2) is 65.7 Å². The molecule has 0 radical (unpaired) electrons. The van der Waals surface area contributed by atoms with Crippen LogP contribution < -0.4 is 5.32 Å². The van der Waals surface area contributed by atoms with Gasteiger partial charge in [-0.3, -0.25) is 9.59 Å². The van der Waals surface area contributed by atoms with Crippen LogP contribution in [0.4, 0.5) is 0 Å². The molecule has 4 aromatic heterocycles. The summed E-state index contributed by atoms with van der Waals surface area (Å²) in [5.74, 6) is -0.334. The fourth-order valence-electron chi connectivity index (χ4n) is 5.03. The summed E-state index contributed by atoms with van der Waals surface area (Å²) in [4.78, 5) is 51.1. The Kier molecular flexibility index (Phi) is 4.20. The number of amides is 2. The van der Waals surface area contributed by atoms with Crippen molar-refractivity contribution in [2.75, 3.05) is 13.1 Å². The number of piperidine rings is 1. The molecule has 162 valence electrons. The van der Waals surface area contributed by atoms with Gasteiger partial charge in [0.25, 0.3) is 11.8 Å². The Morgan fingerprint density at radius 2 is 2.03 bits per heavy atom. The maximum atomic E-state index is 13.3. The second-order valence-electron chi connectivity index (χ2n) is 8.70. The minimum absolute atomic E-state index is 0.0430. The molecule has 32 heavy (non-hydrogen) atoms. The van der Waals surface area contributed by atoms with Crippen molar-refractivity contribution >= 4 is 34.0 Å². The third-order valence-electron chi connectivity index (χ3n) is 7.04. The summed E-state index contributed by atoms with van der Waals surface area (Å²) in [6.45, 7) is 1.13. The van der Waals surface area contributed by atoms with Crippen molar-refractivity contribution in [2.24, 2.45) is 5.41 Å². The maximum absolute atomic E-state index is 13.3. The lowest BCUT2D eigenvalue weighted by atomic mass is 9.60. The number of likely N-dealkylation sites (tertiary alicyclic amines) is 1. The first-order valence-corrected chi connectivity index (χ1v) is 10.8. The maximum Gasteiger partial charge on any atom is 0.271 e. The lowest BCUT2D eigenvalue weighted by Gasteiger charge is -2.53. The van der Waals surface area contributed by atoms with Gasteiger partial charge in [-0.25, -0.2) is 19.9 Å². The van der Waals surface area contributed by atoms with E-state index in [0.29, 0.717) is 40.9 Å². The molecule has 10 nitrogen and oxygen atoms in total. The number of aromatic amines is 2. The van der Waals surface area contributed by atoms with Crippen molar-refractivity contribution in [3.05, 3.63) is 48.4 Å². The summed E-state index contributed by atoms with van der Waals surface area (Å²) in [6.07, 6.45) is 12.2. The van der Waals surface area contributed by atoms with E-state index in [4.69, 9.17) is 0 Å². The van der Waals surface area contributed by atoms with Crippen LogP contribution in [0.2, 0.25) is 0 Å². The van der Waals surface area contributed by atoms with Crippen molar-refractivity contribution in [3.8, 4) is 0 Å². The number of aromatic nitrogens is 6. The number of H-pyrrole nitrogens is 2. The number of nitrogens with one attached hydrogen (secondary N) is 3. The van der Waals surface area contributed by atoms with Gasteiger partial charge in [-0.05, 0) is 30.7 Å². The van der Waals surface area contributed by atoms with E-state index >= 15 is 0 Å². The normalized spacial score (nSPS) is 19.9. The third-order valence-corrected chi connectivity index (χ3v) is 7.04. The molecule has 1 saturated carbocycles. The van der Waals surface area contributed by atoms with Gasteiger partial charge < -0.3 is 20.2 Å². The molecular weight excluding hydrogens is 408 g/mol. The number of nitrogens with zero attached hydrogens (tertiary/aromatic N) is 5. The van der Waals surface area contributed by atoms with E-state index in [1.165, 1.54) is 12.5 Å². The largest absolute Gasteiger partial charge is 0.346 e. The lowest BCUT2D eigenvalue weighted by molar-refractivity contribution is -0.000502. The predicted octanol–water partition coefficient (Wildman–Crippen LogP) is 2.04. The smallest absolute Gasteiger partial charge is 0.271 e. The van der Waals surface area contributed by atoms with Crippen molar-refractivity contribution in [2.45, 2.75) is 31.7 Å². The van der Waals surface area contributed by atoms with E-state index < -0.39 is 0 Å². The first-order chi connectivity index (χ1) is 15.6. The SMILES string of the molecule is O=C(NC1CN(C(=O)c2c[nH]c3ncncc23)CCC12CCC2)c1cnc2[nH]ccc2n1. The molecule has 1 spiro atoms. The monoisotopic (exact) mass is 430 g/mol. The van der Waals surface area contributed by atoms with Crippen LogP contribution in [-0.2, 0) is 0 Å². The molecular formula is C22H22N8O2. The fraction of sp³-hybridized carbons (Fsp3) is 0.364. The Morgan fingerprint density at radius 3 is 2.88 bits per heavy atom. The molecule has 2 aliphatic rings. The number of rotatable bonds is 3. The molecule has 4 aromatic rings. The van der Waals surface area contributed by atoms with Gasteiger partial charge in [0.05, 0.1) is 17.8 Å². The van der Waals surface area contributed by atoms with Gasteiger partial charge in [0.2, 0.25) is 0 Å². The van der Waals surface area contributed by atoms with E-state index in [1.54, 1.807) is 24.7 Å². The van der Waals surface area contributed by atoms with Crippen LogP contribution >= 0.6 is 0 Å². The van der Waals surface area contributed by atoms with Gasteiger partial charge in [0.1, 0.15) is 23.2 Å². The number of hydrogen-bond donors (Lipinski definition) is 3. The summed E-state index contributed by atoms with van der Waals surface area (Å²) in [5, 5.41) is 3.88. The molecule has 1 aliphatic heterocycles. The third kappa shape index (κ3) is 2.94. The second kappa shape index (κ2) is 7.11. The van der Waals surface area contributed by atoms with E-state index in [-0.39, 0.29) is 29.0 Å². The molecule has 1 unspecified atom stereocenters. The molecule has 0 aromatic carbocycles. The van der Waals surface area contributed by atoms with Crippen LogP contribution in [0.25, 0.3) is 22.2 Å². The number of carbonyl (C=O) groups is 2. The quantitative estimate of drug-likeness (QED) is 0.456. The molecule has 1 saturated heterocycles. The summed E-state index contributed by atoms with van der Waals surface area (Å²) < 4.78 is 0. The summed E-state index contributed by atoms with van der Waals surface area (Å²) in [6, 6.07) is 1.66. The topological polar surface area (TPSA) is 133 Å². The zero-order chi connectivity index (χ0) is 21.7. The second-order valence-corrected chi connectivity index (χ2v) is 8.70. The highest BCUT2D eigenvalue weighted by Gasteiger charge is 2.48. The van der Waals surface area contributed by atoms with Gasteiger partial charge in [0.15, 0.2) is 5.65 Å². The van der Waals surface area contributed by atoms with Crippen LogP contribution in [0.15, 0.2) is 37.2 Å². The van der Waals surface area contributed by atoms with Crippen LogP contribution in [0, 0.1) is 5.41 Å². The first-order valence-electron chi connectivity index (χ1n) is 10.8. The first kappa shape index (κ1) is 18.9. The summed E-state index contributed by atoms with van der Waals surface area (Å²) in [5.41, 5.74) is 2.82. The molecule has 10 heteroatoms. The highest BCUT2D eigenvalue weighted by molar-refractivity contribution is 6.05. The molecule has 6 rings (SSSR count). The minimum atomic E-state index is -0.258. The average Bonchev–Trinajstić information content (AvgIpc) is 3.44. The highest BCUT2D eigenvalue weighted by Crippen LogP contribution is 2.49. The Bertz CT molecular complexity index is 1340. The van der Waals surface area contributed by atoms with E-state index in [1.807, 2.05) is 4.90 Å². The summed E-state index contributed by atoms with van der Waals surface area (Å²) >= 11 is 0. The number of fused-ring (bicyclic) bond motifs is 2. The van der Waals surface area contributed by atoms with Crippen LogP contribution in [0.3, 0.4) is 0 Å². The summed E-state index contributed by atoms with van der Waals surface area (Å²) in [7, 11) is 0. The Hall–Kier alpha value is -3.82. The fourth-order valence-corrected chi connectivity index (χ4v) is 5.03. The van der Waals surface area contributed by atoms with E-state index in [9.17, 15) is 9.59 Å². The molecule has 3 N–H and O–H groups in total. The Labute approximate surface area is 182 Å². The predicted molar refractivity (Wildman–Crippen MR) is 116 cm³/mol. The van der Waals surface area contributed by atoms with Crippen molar-refractivity contribution in [1.29, 1.82) is 0 Å². The average molecular weight is 430 g/mol. The zero-order valence-electron chi connectivity index (χ0n) is 17.3. The lowest BCUT2D eigenvalue weighted by Crippen LogP contribution is -2.61. The Balaban J connectivity index is 1.25. The zero-order valence-corrected chi connectivity index (χ0v) is 17.3. The highest BCUT2D eigenvalue weighted by atomic mass is 16.2. The molecule has 1 atom stereocenters. The van der Waals surface area contributed by atoms with Crippen LogP contribution in [0.5, 0.6) is 0 Å². The van der Waals surface area contributed by atoms with Crippen molar-refractivity contribution < 1.29 is 9.59 Å². The minimum Gasteiger partial charge on any atom is -0.346 e.